The lowest BCUT2D eigenvalue weighted by Gasteiger charge is -2.36. The van der Waals surface area contributed by atoms with Gasteiger partial charge in [-0.25, -0.2) is 4.68 Å². The molecule has 0 radical (unpaired) electrons. The van der Waals surface area contributed by atoms with Crippen molar-refractivity contribution in [2.45, 2.75) is 45.3 Å². The number of hydrogen-bond donors (Lipinski definition) is 2. The second-order valence-electron chi connectivity index (χ2n) is 7.94. The van der Waals surface area contributed by atoms with E-state index in [2.05, 4.69) is 10.00 Å². The van der Waals surface area contributed by atoms with Crippen molar-refractivity contribution >= 4 is 5.91 Å². The summed E-state index contributed by atoms with van der Waals surface area (Å²) in [6.45, 7) is 6.92. The van der Waals surface area contributed by atoms with Crippen molar-refractivity contribution in [3.8, 4) is 11.4 Å². The molecule has 2 fully saturated rings. The maximum atomic E-state index is 13.2. The molecule has 0 saturated carbocycles. The van der Waals surface area contributed by atoms with Gasteiger partial charge in [0, 0.05) is 38.3 Å². The SMILES string of the molecule is Cc1nn(-c2cccc(O)c2)c(C)c1C(=O)N1CCC(N2CC[C@@H](O)C2)CC1. The van der Waals surface area contributed by atoms with E-state index in [-0.39, 0.29) is 17.8 Å². The third kappa shape index (κ3) is 3.52. The lowest BCUT2D eigenvalue weighted by atomic mass is 10.0. The Morgan fingerprint density at radius 2 is 1.89 bits per heavy atom. The summed E-state index contributed by atoms with van der Waals surface area (Å²) in [4.78, 5) is 17.5. The fraction of sp³-hybridized carbons (Fsp3) is 0.524. The number of nitrogens with zero attached hydrogens (tertiary/aromatic N) is 4. The van der Waals surface area contributed by atoms with Crippen molar-refractivity contribution in [1.29, 1.82) is 0 Å². The first-order chi connectivity index (χ1) is 13.4. The first-order valence-corrected chi connectivity index (χ1v) is 10.0. The predicted octanol–water partition coefficient (Wildman–Crippen LogP) is 1.87. The molecule has 4 rings (SSSR count). The molecular formula is C21H28N4O3. The first kappa shape index (κ1) is 19.0. The summed E-state index contributed by atoms with van der Waals surface area (Å²) in [5.41, 5.74) is 2.89. The summed E-state index contributed by atoms with van der Waals surface area (Å²) < 4.78 is 1.72. The summed E-state index contributed by atoms with van der Waals surface area (Å²) in [7, 11) is 0. The maximum absolute atomic E-state index is 13.2. The number of aryl methyl sites for hydroxylation is 1. The van der Waals surface area contributed by atoms with E-state index in [1.807, 2.05) is 24.8 Å². The monoisotopic (exact) mass is 384 g/mol. The number of carbonyl (C=O) groups excluding carboxylic acids is 1. The van der Waals surface area contributed by atoms with E-state index in [4.69, 9.17) is 0 Å². The number of aliphatic hydroxyl groups is 1. The van der Waals surface area contributed by atoms with Gasteiger partial charge < -0.3 is 15.1 Å². The van der Waals surface area contributed by atoms with Gasteiger partial charge in [-0.3, -0.25) is 9.69 Å². The molecule has 7 nitrogen and oxygen atoms in total. The van der Waals surface area contributed by atoms with Crippen molar-refractivity contribution in [2.75, 3.05) is 26.2 Å². The number of piperidine rings is 1. The molecule has 2 aromatic rings. The second kappa shape index (κ2) is 7.56. The molecule has 2 saturated heterocycles. The average Bonchev–Trinajstić information content (AvgIpc) is 3.24. The maximum Gasteiger partial charge on any atom is 0.257 e. The third-order valence-corrected chi connectivity index (χ3v) is 6.04. The van der Waals surface area contributed by atoms with Gasteiger partial charge in [0.25, 0.3) is 5.91 Å². The molecule has 2 aliphatic rings. The number of aromatic nitrogens is 2. The largest absolute Gasteiger partial charge is 0.508 e. The molecule has 0 bridgehead atoms. The lowest BCUT2D eigenvalue weighted by Crippen LogP contribution is -2.46. The van der Waals surface area contributed by atoms with Gasteiger partial charge in [0.1, 0.15) is 5.75 Å². The average molecular weight is 384 g/mol. The first-order valence-electron chi connectivity index (χ1n) is 10.0. The number of carbonyl (C=O) groups is 1. The Hall–Kier alpha value is -2.38. The molecule has 2 N–H and O–H groups in total. The molecule has 7 heteroatoms. The van der Waals surface area contributed by atoms with Crippen LogP contribution in [0.15, 0.2) is 24.3 Å². The summed E-state index contributed by atoms with van der Waals surface area (Å²) in [5.74, 6) is 0.202. The molecule has 3 heterocycles. The minimum Gasteiger partial charge on any atom is -0.508 e. The van der Waals surface area contributed by atoms with Crippen molar-refractivity contribution in [1.82, 2.24) is 19.6 Å². The number of likely N-dealkylation sites (tertiary alicyclic amines) is 2. The number of hydrogen-bond acceptors (Lipinski definition) is 5. The number of benzene rings is 1. The molecule has 1 amide bonds. The van der Waals surface area contributed by atoms with E-state index in [1.54, 1.807) is 22.9 Å². The van der Waals surface area contributed by atoms with Crippen LogP contribution in [0.2, 0.25) is 0 Å². The topological polar surface area (TPSA) is 81.8 Å². The van der Waals surface area contributed by atoms with Crippen LogP contribution in [-0.4, -0.2) is 74.0 Å². The van der Waals surface area contributed by atoms with Crippen molar-refractivity contribution in [3.05, 3.63) is 41.2 Å². The number of phenols is 1. The molecule has 1 atom stereocenters. The molecule has 150 valence electrons. The van der Waals surface area contributed by atoms with Gasteiger partial charge in [0.15, 0.2) is 0 Å². The second-order valence-corrected chi connectivity index (χ2v) is 7.94. The number of rotatable bonds is 3. The smallest absolute Gasteiger partial charge is 0.257 e. The van der Waals surface area contributed by atoms with Gasteiger partial charge in [-0.15, -0.1) is 0 Å². The molecule has 1 aromatic heterocycles. The summed E-state index contributed by atoms with van der Waals surface area (Å²) in [6.07, 6.45) is 2.54. The van der Waals surface area contributed by atoms with Gasteiger partial charge in [0.2, 0.25) is 0 Å². The molecule has 2 aliphatic heterocycles. The Bertz CT molecular complexity index is 871. The van der Waals surface area contributed by atoms with Gasteiger partial charge >= 0.3 is 0 Å². The molecular weight excluding hydrogens is 356 g/mol. The molecule has 0 unspecified atom stereocenters. The minimum absolute atomic E-state index is 0.0290. The van der Waals surface area contributed by atoms with Crippen LogP contribution in [0.3, 0.4) is 0 Å². The van der Waals surface area contributed by atoms with E-state index in [0.29, 0.717) is 17.3 Å². The van der Waals surface area contributed by atoms with E-state index in [9.17, 15) is 15.0 Å². The van der Waals surface area contributed by atoms with E-state index < -0.39 is 0 Å². The predicted molar refractivity (Wildman–Crippen MR) is 106 cm³/mol. The lowest BCUT2D eigenvalue weighted by molar-refractivity contribution is 0.0626. The van der Waals surface area contributed by atoms with Crippen LogP contribution in [0.4, 0.5) is 0 Å². The fourth-order valence-electron chi connectivity index (χ4n) is 4.52. The highest BCUT2D eigenvalue weighted by Gasteiger charge is 2.32. The van der Waals surface area contributed by atoms with Crippen LogP contribution in [0.25, 0.3) is 5.69 Å². The summed E-state index contributed by atoms with van der Waals surface area (Å²) in [6, 6.07) is 7.35. The summed E-state index contributed by atoms with van der Waals surface area (Å²) in [5, 5.41) is 24.1. The third-order valence-electron chi connectivity index (χ3n) is 6.04. The van der Waals surface area contributed by atoms with Crippen molar-refractivity contribution in [2.24, 2.45) is 0 Å². The van der Waals surface area contributed by atoms with Crippen LogP contribution in [0, 0.1) is 13.8 Å². The normalized spacial score (nSPS) is 21.4. The van der Waals surface area contributed by atoms with Crippen LogP contribution < -0.4 is 0 Å². The van der Waals surface area contributed by atoms with E-state index in [1.165, 1.54) is 0 Å². The molecule has 1 aromatic carbocycles. The highest BCUT2D eigenvalue weighted by Crippen LogP contribution is 2.25. The number of β-amino-alcohol motifs (C(OH)–C–C–N with tert-alkyl or cyclic N) is 1. The number of aromatic hydroxyl groups is 1. The number of phenolic OH excluding ortho intramolecular Hbond substituents is 1. The zero-order valence-electron chi connectivity index (χ0n) is 16.5. The van der Waals surface area contributed by atoms with Crippen LogP contribution >= 0.6 is 0 Å². The van der Waals surface area contributed by atoms with Crippen molar-refractivity contribution in [3.63, 3.8) is 0 Å². The quantitative estimate of drug-likeness (QED) is 0.844. The van der Waals surface area contributed by atoms with Crippen molar-refractivity contribution < 1.29 is 15.0 Å². The fourth-order valence-corrected chi connectivity index (χ4v) is 4.52. The Balaban J connectivity index is 1.48. The Morgan fingerprint density at radius 1 is 1.14 bits per heavy atom. The van der Waals surface area contributed by atoms with Gasteiger partial charge in [0.05, 0.1) is 28.7 Å². The Labute approximate surface area is 165 Å². The Morgan fingerprint density at radius 3 is 2.54 bits per heavy atom. The molecule has 28 heavy (non-hydrogen) atoms. The zero-order chi connectivity index (χ0) is 19.8. The number of amides is 1. The van der Waals surface area contributed by atoms with Gasteiger partial charge in [-0.1, -0.05) is 6.07 Å². The standard InChI is InChI=1S/C21H28N4O3/c1-14-20(15(2)25(22-14)17-4-3-5-18(26)12-17)21(28)23-9-6-16(7-10-23)24-11-8-19(27)13-24/h3-5,12,16,19,26-27H,6-11,13H2,1-2H3/t19-/m1/s1. The molecule has 0 aliphatic carbocycles. The zero-order valence-corrected chi connectivity index (χ0v) is 16.5. The van der Waals surface area contributed by atoms with E-state index in [0.717, 1.165) is 56.8 Å². The Kier molecular flexibility index (Phi) is 5.12. The highest BCUT2D eigenvalue weighted by atomic mass is 16.3. The van der Waals surface area contributed by atoms with E-state index >= 15 is 0 Å². The summed E-state index contributed by atoms with van der Waals surface area (Å²) >= 11 is 0. The number of aliphatic hydroxyl groups excluding tert-OH is 1. The van der Waals surface area contributed by atoms with Crippen LogP contribution in [0.1, 0.15) is 41.0 Å². The highest BCUT2D eigenvalue weighted by molar-refractivity contribution is 5.96. The van der Waals surface area contributed by atoms with Crippen LogP contribution in [-0.2, 0) is 0 Å². The van der Waals surface area contributed by atoms with Gasteiger partial charge in [-0.05, 0) is 45.2 Å². The van der Waals surface area contributed by atoms with Crippen LogP contribution in [0.5, 0.6) is 5.75 Å². The van der Waals surface area contributed by atoms with Gasteiger partial charge in [-0.2, -0.15) is 5.10 Å². The minimum atomic E-state index is -0.201. The molecule has 0 spiro atoms.